The maximum Gasteiger partial charge on any atom is 0.133 e. The molecule has 0 spiro atoms. The Kier molecular flexibility index (Phi) is 4.17. The fourth-order valence-corrected chi connectivity index (χ4v) is 1.84. The second-order valence-corrected chi connectivity index (χ2v) is 4.59. The van der Waals surface area contributed by atoms with Crippen molar-refractivity contribution in [3.63, 3.8) is 0 Å². The van der Waals surface area contributed by atoms with Crippen LogP contribution in [0.5, 0.6) is 17.2 Å². The quantitative estimate of drug-likeness (QED) is 0.841. The Morgan fingerprint density at radius 2 is 1.79 bits per heavy atom. The van der Waals surface area contributed by atoms with Gasteiger partial charge in [0, 0.05) is 28.9 Å². The van der Waals surface area contributed by atoms with Gasteiger partial charge in [-0.2, -0.15) is 0 Å². The zero-order valence-electron chi connectivity index (χ0n) is 10.9. The molecule has 0 fully saturated rings. The van der Waals surface area contributed by atoms with E-state index in [0.717, 1.165) is 16.3 Å². The zero-order valence-corrected chi connectivity index (χ0v) is 11.7. The monoisotopic (exact) mass is 277 g/mol. The number of nitrogens with two attached hydrogens (primary N) is 1. The van der Waals surface area contributed by atoms with Crippen LogP contribution >= 0.6 is 11.6 Å². The molecule has 0 bridgehead atoms. The Morgan fingerprint density at radius 1 is 1.05 bits per heavy atom. The lowest BCUT2D eigenvalue weighted by Gasteiger charge is -2.10. The van der Waals surface area contributed by atoms with Gasteiger partial charge in [0.05, 0.1) is 6.61 Å². The van der Waals surface area contributed by atoms with Gasteiger partial charge in [0.25, 0.3) is 0 Å². The Hall–Kier alpha value is -1.87. The van der Waals surface area contributed by atoms with Crippen LogP contribution in [0.25, 0.3) is 0 Å². The lowest BCUT2D eigenvalue weighted by molar-refractivity contribution is 0.338. The number of anilines is 1. The smallest absolute Gasteiger partial charge is 0.133 e. The average Bonchev–Trinajstić information content (AvgIpc) is 2.33. The first kappa shape index (κ1) is 13.6. The van der Waals surface area contributed by atoms with Crippen LogP contribution in [0, 0.1) is 6.92 Å². The van der Waals surface area contributed by atoms with Gasteiger partial charge in [-0.05, 0) is 37.6 Å². The van der Waals surface area contributed by atoms with Gasteiger partial charge in [0.15, 0.2) is 0 Å². The molecule has 0 aliphatic heterocycles. The Morgan fingerprint density at radius 3 is 2.47 bits per heavy atom. The summed E-state index contributed by atoms with van der Waals surface area (Å²) in [5.74, 6) is 2.06. The second kappa shape index (κ2) is 5.85. The highest BCUT2D eigenvalue weighted by atomic mass is 35.5. The number of aryl methyl sites for hydroxylation is 1. The number of halogens is 1. The van der Waals surface area contributed by atoms with Crippen molar-refractivity contribution in [3.05, 3.63) is 47.0 Å². The summed E-state index contributed by atoms with van der Waals surface area (Å²) in [6.07, 6.45) is 0. The molecule has 0 saturated heterocycles. The van der Waals surface area contributed by atoms with Crippen LogP contribution in [0.4, 0.5) is 5.69 Å². The van der Waals surface area contributed by atoms with E-state index in [1.165, 1.54) is 0 Å². The van der Waals surface area contributed by atoms with Gasteiger partial charge in [0.1, 0.15) is 17.2 Å². The van der Waals surface area contributed by atoms with E-state index in [4.69, 9.17) is 26.8 Å². The van der Waals surface area contributed by atoms with Crippen LogP contribution in [-0.4, -0.2) is 6.61 Å². The van der Waals surface area contributed by atoms with Gasteiger partial charge >= 0.3 is 0 Å². The van der Waals surface area contributed by atoms with E-state index < -0.39 is 0 Å². The molecule has 3 nitrogen and oxygen atoms in total. The maximum atomic E-state index is 5.98. The molecule has 0 aliphatic rings. The van der Waals surface area contributed by atoms with E-state index >= 15 is 0 Å². The summed E-state index contributed by atoms with van der Waals surface area (Å²) in [7, 11) is 0. The fraction of sp³-hybridized carbons (Fsp3) is 0.200. The van der Waals surface area contributed by atoms with Crippen molar-refractivity contribution in [2.75, 3.05) is 12.3 Å². The predicted molar refractivity (Wildman–Crippen MR) is 78.3 cm³/mol. The molecule has 2 aromatic carbocycles. The summed E-state index contributed by atoms with van der Waals surface area (Å²) < 4.78 is 11.2. The lowest BCUT2D eigenvalue weighted by atomic mass is 10.2. The molecule has 0 heterocycles. The van der Waals surface area contributed by atoms with Crippen LogP contribution in [-0.2, 0) is 0 Å². The molecule has 2 rings (SSSR count). The summed E-state index contributed by atoms with van der Waals surface area (Å²) in [6.45, 7) is 4.44. The first-order valence-electron chi connectivity index (χ1n) is 6.06. The third-order valence-corrected chi connectivity index (χ3v) is 3.00. The number of benzene rings is 2. The summed E-state index contributed by atoms with van der Waals surface area (Å²) in [5.41, 5.74) is 7.39. The van der Waals surface area contributed by atoms with Crippen molar-refractivity contribution in [1.82, 2.24) is 0 Å². The Labute approximate surface area is 117 Å². The first-order chi connectivity index (χ1) is 9.08. The van der Waals surface area contributed by atoms with E-state index in [0.29, 0.717) is 23.8 Å². The molecule has 0 atom stereocenters. The minimum Gasteiger partial charge on any atom is -0.494 e. The molecule has 100 valence electrons. The largest absolute Gasteiger partial charge is 0.494 e. The predicted octanol–water partition coefficient (Wildman–Crippen LogP) is 4.42. The maximum absolute atomic E-state index is 5.98. The van der Waals surface area contributed by atoms with Gasteiger partial charge in [-0.25, -0.2) is 0 Å². The molecular weight excluding hydrogens is 262 g/mol. The first-order valence-corrected chi connectivity index (χ1v) is 6.43. The second-order valence-electron chi connectivity index (χ2n) is 4.18. The van der Waals surface area contributed by atoms with E-state index in [9.17, 15) is 0 Å². The van der Waals surface area contributed by atoms with Crippen LogP contribution < -0.4 is 15.2 Å². The highest BCUT2D eigenvalue weighted by Gasteiger charge is 2.04. The average molecular weight is 278 g/mol. The number of nitrogen functional groups attached to an aromatic ring is 1. The summed E-state index contributed by atoms with van der Waals surface area (Å²) >= 11 is 5.98. The number of hydrogen-bond donors (Lipinski definition) is 1. The molecule has 0 amide bonds. The molecule has 4 heteroatoms. The topological polar surface area (TPSA) is 44.5 Å². The molecule has 0 unspecified atom stereocenters. The van der Waals surface area contributed by atoms with Gasteiger partial charge < -0.3 is 15.2 Å². The van der Waals surface area contributed by atoms with E-state index in [-0.39, 0.29) is 0 Å². The fourth-order valence-electron chi connectivity index (χ4n) is 1.72. The molecule has 0 saturated carbocycles. The Bertz CT molecular complexity index is 584. The van der Waals surface area contributed by atoms with E-state index in [2.05, 4.69) is 0 Å². The van der Waals surface area contributed by atoms with Crippen molar-refractivity contribution >= 4 is 17.3 Å². The Balaban J connectivity index is 2.24. The van der Waals surface area contributed by atoms with Crippen molar-refractivity contribution in [2.45, 2.75) is 13.8 Å². The van der Waals surface area contributed by atoms with E-state index in [1.807, 2.05) is 38.1 Å². The van der Waals surface area contributed by atoms with Crippen molar-refractivity contribution in [2.24, 2.45) is 0 Å². The summed E-state index contributed by atoms with van der Waals surface area (Å²) in [4.78, 5) is 0. The van der Waals surface area contributed by atoms with Gasteiger partial charge in [-0.15, -0.1) is 0 Å². The minimum atomic E-state index is 0.586. The summed E-state index contributed by atoms with van der Waals surface area (Å²) in [6, 6.07) is 10.8. The third kappa shape index (κ3) is 3.55. The zero-order chi connectivity index (χ0) is 13.8. The molecule has 19 heavy (non-hydrogen) atoms. The molecule has 2 aromatic rings. The third-order valence-electron chi connectivity index (χ3n) is 2.58. The number of rotatable bonds is 4. The van der Waals surface area contributed by atoms with Crippen LogP contribution in [0.1, 0.15) is 12.5 Å². The van der Waals surface area contributed by atoms with Gasteiger partial charge in [-0.1, -0.05) is 11.6 Å². The van der Waals surface area contributed by atoms with Crippen molar-refractivity contribution < 1.29 is 9.47 Å². The minimum absolute atomic E-state index is 0.586. The van der Waals surface area contributed by atoms with Crippen LogP contribution in [0.15, 0.2) is 36.4 Å². The molecule has 2 N–H and O–H groups in total. The normalized spacial score (nSPS) is 10.3. The highest BCUT2D eigenvalue weighted by Crippen LogP contribution is 2.30. The molecule has 0 radical (unpaired) electrons. The molecule has 0 aromatic heterocycles. The SMILES string of the molecule is CCOc1cc(N)cc(Oc2ccc(Cl)c(C)c2)c1. The standard InChI is InChI=1S/C15H16ClNO2/c1-3-18-13-7-11(17)8-14(9-13)19-12-4-5-15(16)10(2)6-12/h4-9H,3,17H2,1-2H3. The van der Waals surface area contributed by atoms with Gasteiger partial charge in [0.2, 0.25) is 0 Å². The molecular formula is C15H16ClNO2. The van der Waals surface area contributed by atoms with Crippen molar-refractivity contribution in [1.29, 1.82) is 0 Å². The highest BCUT2D eigenvalue weighted by molar-refractivity contribution is 6.31. The van der Waals surface area contributed by atoms with Gasteiger partial charge in [-0.3, -0.25) is 0 Å². The van der Waals surface area contributed by atoms with Crippen LogP contribution in [0.3, 0.4) is 0 Å². The summed E-state index contributed by atoms with van der Waals surface area (Å²) in [5, 5.41) is 0.718. The number of hydrogen-bond acceptors (Lipinski definition) is 3. The van der Waals surface area contributed by atoms with Crippen LogP contribution in [0.2, 0.25) is 5.02 Å². The number of ether oxygens (including phenoxy) is 2. The lowest BCUT2D eigenvalue weighted by Crippen LogP contribution is -1.95. The van der Waals surface area contributed by atoms with E-state index in [1.54, 1.807) is 12.1 Å². The van der Waals surface area contributed by atoms with Crippen molar-refractivity contribution in [3.8, 4) is 17.2 Å². The molecule has 0 aliphatic carbocycles.